The molecule has 1 heterocycles. The van der Waals surface area contributed by atoms with Gasteiger partial charge in [-0.15, -0.1) is 11.6 Å². The highest BCUT2D eigenvalue weighted by atomic mass is 35.5. The molecule has 162 valence electrons. The van der Waals surface area contributed by atoms with Gasteiger partial charge in [-0.1, -0.05) is 12.1 Å². The molecule has 1 fully saturated rings. The Morgan fingerprint density at radius 1 is 1.00 bits per heavy atom. The van der Waals surface area contributed by atoms with E-state index >= 15 is 0 Å². The van der Waals surface area contributed by atoms with Crippen molar-refractivity contribution >= 4 is 33.2 Å². The van der Waals surface area contributed by atoms with E-state index in [1.165, 1.54) is 28.6 Å². The number of hydrogen-bond donors (Lipinski definition) is 1. The zero-order valence-electron chi connectivity index (χ0n) is 16.6. The first kappa shape index (κ1) is 22.7. The van der Waals surface area contributed by atoms with Crippen LogP contribution in [0.1, 0.15) is 12.0 Å². The summed E-state index contributed by atoms with van der Waals surface area (Å²) in [5, 5.41) is 2.72. The van der Waals surface area contributed by atoms with Crippen LogP contribution >= 0.6 is 11.6 Å². The summed E-state index contributed by atoms with van der Waals surface area (Å²) < 4.78 is 40.2. The van der Waals surface area contributed by atoms with Gasteiger partial charge >= 0.3 is 0 Å². The number of anilines is 1. The number of carbonyl (C=O) groups is 1. The highest BCUT2D eigenvalue weighted by Crippen LogP contribution is 2.19. The SMILES string of the molecule is O=C(CN1CCN(S(=O)(=O)c2ccc(CCCCl)cc2)CC1)Nc1ccc(F)cc1. The Bertz CT molecular complexity index is 944. The monoisotopic (exact) mass is 453 g/mol. The molecule has 1 aliphatic rings. The minimum Gasteiger partial charge on any atom is -0.325 e. The average Bonchev–Trinajstić information content (AvgIpc) is 2.74. The van der Waals surface area contributed by atoms with Crippen molar-refractivity contribution in [2.24, 2.45) is 0 Å². The molecule has 1 N–H and O–H groups in total. The number of hydrogen-bond acceptors (Lipinski definition) is 4. The van der Waals surface area contributed by atoms with Crippen LogP contribution < -0.4 is 5.32 Å². The summed E-state index contributed by atoms with van der Waals surface area (Å²) >= 11 is 5.70. The van der Waals surface area contributed by atoms with Crippen LogP contribution in [0.5, 0.6) is 0 Å². The molecule has 1 saturated heterocycles. The van der Waals surface area contributed by atoms with Crippen molar-refractivity contribution in [1.29, 1.82) is 0 Å². The number of amides is 1. The molecule has 0 aliphatic carbocycles. The minimum atomic E-state index is -3.56. The van der Waals surface area contributed by atoms with Gasteiger partial charge in [-0.3, -0.25) is 9.69 Å². The van der Waals surface area contributed by atoms with Crippen LogP contribution in [0, 0.1) is 5.82 Å². The Labute approximate surface area is 181 Å². The fourth-order valence-electron chi connectivity index (χ4n) is 3.31. The van der Waals surface area contributed by atoms with Crippen LogP contribution in [-0.2, 0) is 21.2 Å². The van der Waals surface area contributed by atoms with E-state index in [0.29, 0.717) is 37.7 Å². The summed E-state index contributed by atoms with van der Waals surface area (Å²) in [5.41, 5.74) is 1.59. The van der Waals surface area contributed by atoms with Crippen molar-refractivity contribution in [3.63, 3.8) is 0 Å². The van der Waals surface area contributed by atoms with Gasteiger partial charge in [0.15, 0.2) is 0 Å². The summed E-state index contributed by atoms with van der Waals surface area (Å²) in [6, 6.07) is 12.5. The number of halogens is 2. The molecule has 0 spiro atoms. The largest absolute Gasteiger partial charge is 0.325 e. The van der Waals surface area contributed by atoms with E-state index in [1.807, 2.05) is 17.0 Å². The highest BCUT2D eigenvalue weighted by Gasteiger charge is 2.29. The molecule has 3 rings (SSSR count). The fraction of sp³-hybridized carbons (Fsp3) is 0.381. The van der Waals surface area contributed by atoms with Crippen LogP contribution in [0.2, 0.25) is 0 Å². The maximum absolute atomic E-state index is 12.9. The van der Waals surface area contributed by atoms with Gasteiger partial charge in [-0.05, 0) is 54.8 Å². The van der Waals surface area contributed by atoms with Crippen molar-refractivity contribution in [3.05, 3.63) is 59.9 Å². The van der Waals surface area contributed by atoms with E-state index in [4.69, 9.17) is 11.6 Å². The molecule has 2 aromatic rings. The van der Waals surface area contributed by atoms with Gasteiger partial charge in [-0.2, -0.15) is 4.31 Å². The van der Waals surface area contributed by atoms with Crippen molar-refractivity contribution in [2.75, 3.05) is 43.9 Å². The molecule has 6 nitrogen and oxygen atoms in total. The smallest absolute Gasteiger partial charge is 0.243 e. The number of nitrogens with one attached hydrogen (secondary N) is 1. The Kier molecular flexibility index (Phi) is 7.82. The third kappa shape index (κ3) is 6.01. The van der Waals surface area contributed by atoms with Gasteiger partial charge in [0, 0.05) is 37.7 Å². The lowest BCUT2D eigenvalue weighted by Gasteiger charge is -2.33. The first-order chi connectivity index (χ1) is 14.4. The molecule has 1 aliphatic heterocycles. The molecular formula is C21H25ClFN3O3S. The lowest BCUT2D eigenvalue weighted by molar-refractivity contribution is -0.117. The van der Waals surface area contributed by atoms with E-state index < -0.39 is 10.0 Å². The average molecular weight is 454 g/mol. The van der Waals surface area contributed by atoms with E-state index in [9.17, 15) is 17.6 Å². The molecular weight excluding hydrogens is 429 g/mol. The van der Waals surface area contributed by atoms with Gasteiger partial charge < -0.3 is 5.32 Å². The van der Waals surface area contributed by atoms with Gasteiger partial charge in [0.1, 0.15) is 5.82 Å². The van der Waals surface area contributed by atoms with Crippen LogP contribution in [0.15, 0.2) is 53.4 Å². The molecule has 0 aromatic heterocycles. The van der Waals surface area contributed by atoms with Gasteiger partial charge in [0.2, 0.25) is 15.9 Å². The van der Waals surface area contributed by atoms with E-state index in [-0.39, 0.29) is 23.2 Å². The summed E-state index contributed by atoms with van der Waals surface area (Å²) in [7, 11) is -3.56. The number of alkyl halides is 1. The highest BCUT2D eigenvalue weighted by molar-refractivity contribution is 7.89. The molecule has 2 aromatic carbocycles. The van der Waals surface area contributed by atoms with Crippen molar-refractivity contribution in [3.8, 4) is 0 Å². The summed E-state index contributed by atoms with van der Waals surface area (Å²) in [6.45, 7) is 1.72. The predicted molar refractivity (Wildman–Crippen MR) is 116 cm³/mol. The Morgan fingerprint density at radius 2 is 1.63 bits per heavy atom. The molecule has 0 unspecified atom stereocenters. The standard InChI is InChI=1S/C21H25ClFN3O3S/c22-11-1-2-17-3-9-20(10-4-17)30(28,29)26-14-12-25(13-15-26)16-21(27)24-19-7-5-18(23)6-8-19/h3-10H,1-2,11-16H2,(H,24,27). The zero-order valence-corrected chi connectivity index (χ0v) is 18.1. The maximum Gasteiger partial charge on any atom is 0.243 e. The lowest BCUT2D eigenvalue weighted by Crippen LogP contribution is -2.50. The fourth-order valence-corrected chi connectivity index (χ4v) is 4.87. The molecule has 0 atom stereocenters. The van der Waals surface area contributed by atoms with E-state index in [1.54, 1.807) is 12.1 Å². The normalized spacial score (nSPS) is 15.8. The molecule has 9 heteroatoms. The van der Waals surface area contributed by atoms with E-state index in [0.717, 1.165) is 18.4 Å². The number of aryl methyl sites for hydroxylation is 1. The van der Waals surface area contributed by atoms with Crippen molar-refractivity contribution in [2.45, 2.75) is 17.7 Å². The lowest BCUT2D eigenvalue weighted by atomic mass is 10.1. The number of nitrogens with zero attached hydrogens (tertiary/aromatic N) is 2. The van der Waals surface area contributed by atoms with Crippen molar-refractivity contribution < 1.29 is 17.6 Å². The second-order valence-electron chi connectivity index (χ2n) is 7.17. The third-order valence-electron chi connectivity index (χ3n) is 4.99. The number of carbonyl (C=O) groups excluding carboxylic acids is 1. The third-order valence-corrected chi connectivity index (χ3v) is 7.17. The molecule has 0 bridgehead atoms. The molecule has 1 amide bonds. The minimum absolute atomic E-state index is 0.153. The quantitative estimate of drug-likeness (QED) is 0.624. The first-order valence-electron chi connectivity index (χ1n) is 9.81. The van der Waals surface area contributed by atoms with Crippen LogP contribution in [0.3, 0.4) is 0 Å². The Balaban J connectivity index is 1.51. The summed E-state index contributed by atoms with van der Waals surface area (Å²) in [5.74, 6) is -0.00706. The molecule has 0 saturated carbocycles. The van der Waals surface area contributed by atoms with Gasteiger partial charge in [0.05, 0.1) is 11.4 Å². The topological polar surface area (TPSA) is 69.7 Å². The van der Waals surface area contributed by atoms with Gasteiger partial charge in [-0.25, -0.2) is 12.8 Å². The maximum atomic E-state index is 12.9. The second kappa shape index (κ2) is 10.3. The van der Waals surface area contributed by atoms with Crippen LogP contribution in [0.25, 0.3) is 0 Å². The second-order valence-corrected chi connectivity index (χ2v) is 9.49. The Morgan fingerprint density at radius 3 is 2.23 bits per heavy atom. The number of rotatable bonds is 8. The predicted octanol–water partition coefficient (Wildman–Crippen LogP) is 2.94. The van der Waals surface area contributed by atoms with Crippen LogP contribution in [-0.4, -0.2) is 62.1 Å². The number of piperazine rings is 1. The van der Waals surface area contributed by atoms with Gasteiger partial charge in [0.25, 0.3) is 0 Å². The number of benzene rings is 2. The van der Waals surface area contributed by atoms with Crippen LogP contribution in [0.4, 0.5) is 10.1 Å². The summed E-state index contributed by atoms with van der Waals surface area (Å²) in [4.78, 5) is 14.4. The summed E-state index contributed by atoms with van der Waals surface area (Å²) in [6.07, 6.45) is 1.67. The molecule has 0 radical (unpaired) electrons. The molecule has 30 heavy (non-hydrogen) atoms. The van der Waals surface area contributed by atoms with E-state index in [2.05, 4.69) is 5.32 Å². The Hall–Kier alpha value is -2.00. The van der Waals surface area contributed by atoms with Crippen molar-refractivity contribution in [1.82, 2.24) is 9.21 Å². The zero-order chi connectivity index (χ0) is 21.6. The first-order valence-corrected chi connectivity index (χ1v) is 11.8. The number of sulfonamides is 1.